The first-order valence-corrected chi connectivity index (χ1v) is 11.9. The van der Waals surface area contributed by atoms with Crippen LogP contribution in [0.3, 0.4) is 0 Å². The predicted octanol–water partition coefficient (Wildman–Crippen LogP) is 4.26. The molecule has 1 aromatic heterocycles. The molecule has 0 saturated carbocycles. The minimum atomic E-state index is -0.455. The number of esters is 1. The minimum absolute atomic E-state index is 0.0652. The van der Waals surface area contributed by atoms with Crippen LogP contribution in [0.1, 0.15) is 42.3 Å². The molecule has 3 aromatic rings. The maximum atomic E-state index is 12.8. The van der Waals surface area contributed by atoms with Gasteiger partial charge in [-0.3, -0.25) is 9.59 Å². The molecular weight excluding hydrogens is 448 g/mol. The average molecular weight is 477 g/mol. The van der Waals surface area contributed by atoms with E-state index in [1.54, 1.807) is 11.1 Å². The molecule has 0 aliphatic carbocycles. The van der Waals surface area contributed by atoms with Gasteiger partial charge in [0.15, 0.2) is 29.8 Å². The highest BCUT2D eigenvalue weighted by atomic mass is 16.6. The lowest BCUT2D eigenvalue weighted by molar-refractivity contribution is -0.152. The molecule has 1 saturated heterocycles. The summed E-state index contributed by atoms with van der Waals surface area (Å²) in [6.07, 6.45) is 3.80. The van der Waals surface area contributed by atoms with Gasteiger partial charge in [-0.1, -0.05) is 35.9 Å². The second-order valence-electron chi connectivity index (χ2n) is 8.79. The summed E-state index contributed by atoms with van der Waals surface area (Å²) < 4.78 is 22.3. The molecule has 5 rings (SSSR count). The number of fused-ring (bicyclic) bond motifs is 1. The highest BCUT2D eigenvalue weighted by molar-refractivity contribution is 5.81. The highest BCUT2D eigenvalue weighted by Gasteiger charge is 2.31. The van der Waals surface area contributed by atoms with Crippen LogP contribution in [0.5, 0.6) is 11.5 Å². The lowest BCUT2D eigenvalue weighted by Crippen LogP contribution is -2.34. The van der Waals surface area contributed by atoms with E-state index in [1.165, 1.54) is 0 Å². The van der Waals surface area contributed by atoms with Gasteiger partial charge in [0.2, 0.25) is 0 Å². The van der Waals surface area contributed by atoms with Crippen LogP contribution in [-0.4, -0.2) is 48.1 Å². The molecule has 0 bridgehead atoms. The summed E-state index contributed by atoms with van der Waals surface area (Å²) in [5, 5.41) is 0. The lowest BCUT2D eigenvalue weighted by atomic mass is 10.0. The number of carbonyl (C=O) groups excluding carboxylic acids is 2. The van der Waals surface area contributed by atoms with Crippen LogP contribution in [-0.2, 0) is 20.7 Å². The van der Waals surface area contributed by atoms with Gasteiger partial charge >= 0.3 is 5.97 Å². The molecule has 2 aliphatic heterocycles. The Morgan fingerprint density at radius 2 is 1.89 bits per heavy atom. The third-order valence-corrected chi connectivity index (χ3v) is 6.31. The standard InChI is InChI=1S/C27H28N2O6/c1-18-4-6-19(7-5-18)24-16-28-25(35-24)10-11-27(31)34-17-26(30)29-12-2-3-21(29)20-8-9-22-23(15-20)33-14-13-32-22/h4-9,15-16,21H,2-3,10-14,17H2,1H3. The number of amides is 1. The quantitative estimate of drug-likeness (QED) is 0.471. The third kappa shape index (κ3) is 5.31. The molecule has 0 N–H and O–H groups in total. The van der Waals surface area contributed by atoms with Crippen LogP contribution in [0, 0.1) is 6.92 Å². The molecule has 182 valence electrons. The summed E-state index contributed by atoms with van der Waals surface area (Å²) in [6.45, 7) is 3.43. The van der Waals surface area contributed by atoms with Gasteiger partial charge in [-0.15, -0.1) is 0 Å². The van der Waals surface area contributed by atoms with Crippen LogP contribution in [0.15, 0.2) is 53.1 Å². The summed E-state index contributed by atoms with van der Waals surface area (Å²) in [7, 11) is 0. The largest absolute Gasteiger partial charge is 0.486 e. The fraction of sp³-hybridized carbons (Fsp3) is 0.370. The zero-order valence-electron chi connectivity index (χ0n) is 19.7. The van der Waals surface area contributed by atoms with Gasteiger partial charge in [-0.2, -0.15) is 0 Å². The van der Waals surface area contributed by atoms with Crippen molar-refractivity contribution in [1.82, 2.24) is 9.88 Å². The van der Waals surface area contributed by atoms with E-state index >= 15 is 0 Å². The third-order valence-electron chi connectivity index (χ3n) is 6.31. The maximum Gasteiger partial charge on any atom is 0.306 e. The van der Waals surface area contributed by atoms with Crippen molar-refractivity contribution in [3.63, 3.8) is 0 Å². The van der Waals surface area contributed by atoms with Crippen molar-refractivity contribution >= 4 is 11.9 Å². The maximum absolute atomic E-state index is 12.8. The van der Waals surface area contributed by atoms with E-state index in [0.29, 0.717) is 43.6 Å². The summed E-state index contributed by atoms with van der Waals surface area (Å²) in [4.78, 5) is 31.1. The molecule has 8 nitrogen and oxygen atoms in total. The topological polar surface area (TPSA) is 91.1 Å². The van der Waals surface area contributed by atoms with Crippen molar-refractivity contribution in [3.8, 4) is 22.8 Å². The number of ether oxygens (including phenoxy) is 3. The zero-order valence-corrected chi connectivity index (χ0v) is 19.7. The highest BCUT2D eigenvalue weighted by Crippen LogP contribution is 2.38. The van der Waals surface area contributed by atoms with E-state index in [9.17, 15) is 9.59 Å². The molecule has 0 spiro atoms. The van der Waals surface area contributed by atoms with Gasteiger partial charge in [0, 0.05) is 18.5 Å². The number of rotatable bonds is 7. The molecule has 8 heteroatoms. The van der Waals surface area contributed by atoms with Crippen molar-refractivity contribution in [1.29, 1.82) is 0 Å². The van der Waals surface area contributed by atoms with Gasteiger partial charge in [0.25, 0.3) is 5.91 Å². The number of oxazole rings is 1. The van der Waals surface area contributed by atoms with Crippen LogP contribution in [0.4, 0.5) is 0 Å². The molecule has 2 aromatic carbocycles. The SMILES string of the molecule is Cc1ccc(-c2cnc(CCC(=O)OCC(=O)N3CCCC3c3ccc4c(c3)OCCO4)o2)cc1. The van der Waals surface area contributed by atoms with Crippen molar-refractivity contribution < 1.29 is 28.2 Å². The van der Waals surface area contributed by atoms with E-state index in [-0.39, 0.29) is 25.0 Å². The number of likely N-dealkylation sites (tertiary alicyclic amines) is 1. The van der Waals surface area contributed by atoms with Gasteiger partial charge in [-0.25, -0.2) is 4.98 Å². The molecule has 3 heterocycles. The van der Waals surface area contributed by atoms with Gasteiger partial charge in [0.05, 0.1) is 18.7 Å². The molecule has 0 radical (unpaired) electrons. The van der Waals surface area contributed by atoms with E-state index < -0.39 is 5.97 Å². The minimum Gasteiger partial charge on any atom is -0.486 e. The number of carbonyl (C=O) groups is 2. The van der Waals surface area contributed by atoms with Gasteiger partial charge < -0.3 is 23.5 Å². The van der Waals surface area contributed by atoms with Crippen molar-refractivity contribution in [2.75, 3.05) is 26.4 Å². The Morgan fingerprint density at radius 1 is 1.09 bits per heavy atom. The number of aromatic nitrogens is 1. The first-order chi connectivity index (χ1) is 17.1. The van der Waals surface area contributed by atoms with Gasteiger partial charge in [-0.05, 0) is 37.5 Å². The number of benzene rings is 2. The first-order valence-electron chi connectivity index (χ1n) is 11.9. The van der Waals surface area contributed by atoms with Crippen LogP contribution in [0.2, 0.25) is 0 Å². The second kappa shape index (κ2) is 10.2. The Morgan fingerprint density at radius 3 is 2.71 bits per heavy atom. The van der Waals surface area contributed by atoms with E-state index in [4.69, 9.17) is 18.6 Å². The summed E-state index contributed by atoms with van der Waals surface area (Å²) in [6, 6.07) is 13.7. The summed E-state index contributed by atoms with van der Waals surface area (Å²) >= 11 is 0. The molecule has 35 heavy (non-hydrogen) atoms. The summed E-state index contributed by atoms with van der Waals surface area (Å²) in [5.74, 6) is 1.89. The smallest absolute Gasteiger partial charge is 0.306 e. The van der Waals surface area contributed by atoms with E-state index in [1.807, 2.05) is 49.4 Å². The predicted molar refractivity (Wildman–Crippen MR) is 127 cm³/mol. The number of hydrogen-bond donors (Lipinski definition) is 0. The Hall–Kier alpha value is -3.81. The summed E-state index contributed by atoms with van der Waals surface area (Å²) in [5.41, 5.74) is 3.10. The molecule has 1 fully saturated rings. The molecular formula is C27H28N2O6. The van der Waals surface area contributed by atoms with Crippen LogP contribution in [0.25, 0.3) is 11.3 Å². The molecule has 1 atom stereocenters. The van der Waals surface area contributed by atoms with E-state index in [0.717, 1.165) is 35.3 Å². The Kier molecular flexibility index (Phi) is 6.70. The normalized spacial score (nSPS) is 16.8. The Balaban J connectivity index is 1.12. The van der Waals surface area contributed by atoms with Gasteiger partial charge in [0.1, 0.15) is 13.2 Å². The fourth-order valence-electron chi connectivity index (χ4n) is 4.46. The molecule has 1 amide bonds. The number of nitrogens with zero attached hydrogens (tertiary/aromatic N) is 2. The second-order valence-corrected chi connectivity index (χ2v) is 8.79. The number of aryl methyl sites for hydroxylation is 2. The number of hydrogen-bond acceptors (Lipinski definition) is 7. The van der Waals surface area contributed by atoms with E-state index in [2.05, 4.69) is 4.98 Å². The van der Waals surface area contributed by atoms with Crippen LogP contribution < -0.4 is 9.47 Å². The zero-order chi connectivity index (χ0) is 24.2. The monoisotopic (exact) mass is 476 g/mol. The lowest BCUT2D eigenvalue weighted by Gasteiger charge is -2.26. The average Bonchev–Trinajstić information content (AvgIpc) is 3.56. The fourth-order valence-corrected chi connectivity index (χ4v) is 4.46. The Labute approximate surface area is 203 Å². The van der Waals surface area contributed by atoms with Crippen molar-refractivity contribution in [2.24, 2.45) is 0 Å². The van der Waals surface area contributed by atoms with Crippen molar-refractivity contribution in [3.05, 3.63) is 65.7 Å². The molecule has 1 unspecified atom stereocenters. The molecule has 2 aliphatic rings. The first kappa shape index (κ1) is 23.0. The van der Waals surface area contributed by atoms with Crippen molar-refractivity contribution in [2.45, 2.75) is 38.6 Å². The Bertz CT molecular complexity index is 1200. The van der Waals surface area contributed by atoms with Crippen LogP contribution >= 0.6 is 0 Å².